The molecular formula is C16H29N3O3. The van der Waals surface area contributed by atoms with Crippen molar-refractivity contribution < 1.29 is 14.4 Å². The van der Waals surface area contributed by atoms with Gasteiger partial charge in [0.05, 0.1) is 0 Å². The molecule has 1 aliphatic rings. The summed E-state index contributed by atoms with van der Waals surface area (Å²) in [5.74, 6) is -1.13. The van der Waals surface area contributed by atoms with Crippen LogP contribution in [0.1, 0.15) is 53.4 Å². The zero-order chi connectivity index (χ0) is 16.9. The highest BCUT2D eigenvalue weighted by Gasteiger charge is 2.31. The summed E-state index contributed by atoms with van der Waals surface area (Å²) in [5.41, 5.74) is 5.32. The molecule has 0 aliphatic heterocycles. The van der Waals surface area contributed by atoms with E-state index in [9.17, 15) is 14.4 Å². The lowest BCUT2D eigenvalue weighted by atomic mass is 9.98. The topological polar surface area (TPSA) is 101 Å². The summed E-state index contributed by atoms with van der Waals surface area (Å²) in [6.07, 6.45) is 3.89. The first kappa shape index (κ1) is 18.5. The van der Waals surface area contributed by atoms with Gasteiger partial charge in [-0.2, -0.15) is 0 Å². The van der Waals surface area contributed by atoms with Gasteiger partial charge < -0.3 is 16.4 Å². The molecule has 0 heterocycles. The van der Waals surface area contributed by atoms with Gasteiger partial charge in [-0.1, -0.05) is 40.5 Å². The standard InChI is InChI=1S/C16H29N3O3/c1-9(2)12(14(17)20)18-16(22)13(10(3)4)19-15(21)11-7-5-6-8-11/h9-13H,5-8H2,1-4H3,(H2,17,20)(H,18,22)(H,19,21)/t12-,13-/m0/s1. The minimum Gasteiger partial charge on any atom is -0.368 e. The molecule has 1 fully saturated rings. The molecule has 0 bridgehead atoms. The Morgan fingerprint density at radius 3 is 1.82 bits per heavy atom. The Labute approximate surface area is 132 Å². The highest BCUT2D eigenvalue weighted by Crippen LogP contribution is 2.25. The van der Waals surface area contributed by atoms with Crippen LogP contribution in [0.2, 0.25) is 0 Å². The molecule has 1 aliphatic carbocycles. The van der Waals surface area contributed by atoms with Crippen LogP contribution in [0.15, 0.2) is 0 Å². The summed E-state index contributed by atoms with van der Waals surface area (Å²) in [7, 11) is 0. The maximum atomic E-state index is 12.4. The molecule has 6 heteroatoms. The van der Waals surface area contributed by atoms with Gasteiger partial charge in [-0.05, 0) is 24.7 Å². The number of hydrogen-bond donors (Lipinski definition) is 3. The second-order valence-corrected chi connectivity index (χ2v) is 6.84. The number of carbonyl (C=O) groups is 3. The van der Waals surface area contributed by atoms with Gasteiger partial charge in [-0.3, -0.25) is 14.4 Å². The Hall–Kier alpha value is -1.59. The number of hydrogen-bond acceptors (Lipinski definition) is 3. The first-order valence-electron chi connectivity index (χ1n) is 8.14. The van der Waals surface area contributed by atoms with Crippen LogP contribution in [-0.2, 0) is 14.4 Å². The third-order valence-electron chi connectivity index (χ3n) is 4.24. The van der Waals surface area contributed by atoms with Crippen molar-refractivity contribution in [3.05, 3.63) is 0 Å². The van der Waals surface area contributed by atoms with E-state index in [2.05, 4.69) is 10.6 Å². The molecule has 6 nitrogen and oxygen atoms in total. The minimum absolute atomic E-state index is 0.00564. The lowest BCUT2D eigenvalue weighted by Gasteiger charge is -2.26. The Bertz CT molecular complexity index is 415. The molecule has 0 aromatic heterocycles. The second-order valence-electron chi connectivity index (χ2n) is 6.84. The number of primary amides is 1. The van der Waals surface area contributed by atoms with Crippen molar-refractivity contribution in [3.63, 3.8) is 0 Å². The highest BCUT2D eigenvalue weighted by molar-refractivity contribution is 5.92. The van der Waals surface area contributed by atoms with Gasteiger partial charge in [-0.25, -0.2) is 0 Å². The van der Waals surface area contributed by atoms with E-state index in [1.54, 1.807) is 0 Å². The van der Waals surface area contributed by atoms with E-state index in [-0.39, 0.29) is 29.6 Å². The predicted molar refractivity (Wildman–Crippen MR) is 84.7 cm³/mol. The number of nitrogens with one attached hydrogen (secondary N) is 2. The van der Waals surface area contributed by atoms with Crippen molar-refractivity contribution in [2.75, 3.05) is 0 Å². The highest BCUT2D eigenvalue weighted by atomic mass is 16.2. The molecule has 126 valence electrons. The van der Waals surface area contributed by atoms with Gasteiger partial charge in [0, 0.05) is 5.92 Å². The molecule has 0 aromatic rings. The Morgan fingerprint density at radius 1 is 0.909 bits per heavy atom. The van der Waals surface area contributed by atoms with E-state index < -0.39 is 18.0 Å². The van der Waals surface area contributed by atoms with Crippen LogP contribution in [-0.4, -0.2) is 29.8 Å². The molecule has 0 unspecified atom stereocenters. The Kier molecular flexibility index (Phi) is 6.84. The zero-order valence-corrected chi connectivity index (χ0v) is 14.0. The van der Waals surface area contributed by atoms with E-state index >= 15 is 0 Å². The Balaban J connectivity index is 2.70. The van der Waals surface area contributed by atoms with Crippen LogP contribution in [0.4, 0.5) is 0 Å². The molecule has 22 heavy (non-hydrogen) atoms. The number of carbonyl (C=O) groups excluding carboxylic acids is 3. The van der Waals surface area contributed by atoms with Crippen LogP contribution in [0.5, 0.6) is 0 Å². The average Bonchev–Trinajstić information content (AvgIpc) is 2.94. The molecular weight excluding hydrogens is 282 g/mol. The van der Waals surface area contributed by atoms with Gasteiger partial charge in [0.25, 0.3) is 0 Å². The van der Waals surface area contributed by atoms with Gasteiger partial charge >= 0.3 is 0 Å². The molecule has 0 spiro atoms. The maximum absolute atomic E-state index is 12.4. The first-order chi connectivity index (χ1) is 10.2. The van der Waals surface area contributed by atoms with Crippen LogP contribution >= 0.6 is 0 Å². The van der Waals surface area contributed by atoms with Crippen LogP contribution < -0.4 is 16.4 Å². The van der Waals surface area contributed by atoms with E-state index in [4.69, 9.17) is 5.73 Å². The lowest BCUT2D eigenvalue weighted by Crippen LogP contribution is -2.56. The first-order valence-corrected chi connectivity index (χ1v) is 8.14. The number of nitrogens with two attached hydrogens (primary N) is 1. The van der Waals surface area contributed by atoms with Crippen LogP contribution in [0, 0.1) is 17.8 Å². The van der Waals surface area contributed by atoms with Gasteiger partial charge in [0.2, 0.25) is 17.7 Å². The molecule has 3 amide bonds. The smallest absolute Gasteiger partial charge is 0.243 e. The summed E-state index contributed by atoms with van der Waals surface area (Å²) >= 11 is 0. The molecule has 1 saturated carbocycles. The predicted octanol–water partition coefficient (Wildman–Crippen LogP) is 0.944. The fourth-order valence-corrected chi connectivity index (χ4v) is 2.80. The zero-order valence-electron chi connectivity index (χ0n) is 14.0. The molecule has 1 rings (SSSR count). The van der Waals surface area contributed by atoms with Gasteiger partial charge in [0.15, 0.2) is 0 Å². The summed E-state index contributed by atoms with van der Waals surface area (Å²) in [5, 5.41) is 5.50. The fourth-order valence-electron chi connectivity index (χ4n) is 2.80. The molecule has 0 aromatic carbocycles. The van der Waals surface area contributed by atoms with Crippen LogP contribution in [0.25, 0.3) is 0 Å². The molecule has 0 saturated heterocycles. The second kappa shape index (κ2) is 8.15. The summed E-state index contributed by atoms with van der Waals surface area (Å²) in [6, 6.07) is -1.37. The minimum atomic E-state index is -0.725. The molecule has 2 atom stereocenters. The summed E-state index contributed by atoms with van der Waals surface area (Å²) in [6.45, 7) is 7.37. The quantitative estimate of drug-likeness (QED) is 0.652. The van der Waals surface area contributed by atoms with Crippen molar-refractivity contribution in [2.45, 2.75) is 65.5 Å². The van der Waals surface area contributed by atoms with Crippen molar-refractivity contribution in [2.24, 2.45) is 23.5 Å². The third-order valence-corrected chi connectivity index (χ3v) is 4.24. The van der Waals surface area contributed by atoms with Gasteiger partial charge in [-0.15, -0.1) is 0 Å². The number of rotatable bonds is 7. The molecule has 4 N–H and O–H groups in total. The largest absolute Gasteiger partial charge is 0.368 e. The maximum Gasteiger partial charge on any atom is 0.243 e. The lowest BCUT2D eigenvalue weighted by molar-refractivity contribution is -0.134. The van der Waals surface area contributed by atoms with E-state index in [0.717, 1.165) is 25.7 Å². The van der Waals surface area contributed by atoms with Crippen molar-refractivity contribution >= 4 is 17.7 Å². The van der Waals surface area contributed by atoms with Gasteiger partial charge in [0.1, 0.15) is 12.1 Å². The summed E-state index contributed by atoms with van der Waals surface area (Å²) < 4.78 is 0. The SMILES string of the molecule is CC(C)[C@H](NC(=O)[C@@H](NC(=O)C1CCCC1)C(C)C)C(N)=O. The Morgan fingerprint density at radius 2 is 1.41 bits per heavy atom. The van der Waals surface area contributed by atoms with E-state index in [0.29, 0.717) is 0 Å². The van der Waals surface area contributed by atoms with E-state index in [1.807, 2.05) is 27.7 Å². The summed E-state index contributed by atoms with van der Waals surface area (Å²) in [4.78, 5) is 36.1. The third kappa shape index (κ3) is 5.00. The van der Waals surface area contributed by atoms with E-state index in [1.165, 1.54) is 0 Å². The van der Waals surface area contributed by atoms with Crippen molar-refractivity contribution in [1.82, 2.24) is 10.6 Å². The molecule has 0 radical (unpaired) electrons. The fraction of sp³-hybridized carbons (Fsp3) is 0.812. The normalized spacial score (nSPS) is 18.3. The number of amides is 3. The van der Waals surface area contributed by atoms with Crippen LogP contribution in [0.3, 0.4) is 0 Å². The monoisotopic (exact) mass is 311 g/mol. The van der Waals surface area contributed by atoms with Crippen molar-refractivity contribution in [3.8, 4) is 0 Å². The van der Waals surface area contributed by atoms with Crippen molar-refractivity contribution in [1.29, 1.82) is 0 Å². The average molecular weight is 311 g/mol.